The van der Waals surface area contributed by atoms with E-state index >= 15 is 0 Å². The summed E-state index contributed by atoms with van der Waals surface area (Å²) in [6.45, 7) is 4.58. The van der Waals surface area contributed by atoms with Gasteiger partial charge in [0.25, 0.3) is 5.91 Å². The van der Waals surface area contributed by atoms with Gasteiger partial charge in [0.05, 0.1) is 12.7 Å². The molecule has 1 aromatic carbocycles. The molecule has 0 saturated carbocycles. The predicted molar refractivity (Wildman–Crippen MR) is 118 cm³/mol. The molecule has 2 aliphatic rings. The summed E-state index contributed by atoms with van der Waals surface area (Å²) >= 11 is 0. The molecule has 1 N–H and O–H groups in total. The molecule has 0 aliphatic carbocycles. The smallest absolute Gasteiger partial charge is 0.337 e. The molecule has 1 amide bonds. The zero-order chi connectivity index (χ0) is 22.0. The fourth-order valence-corrected chi connectivity index (χ4v) is 4.12. The number of carbonyl (C=O) groups excluding carboxylic acids is 2. The first-order valence-electron chi connectivity index (χ1n) is 10.3. The second-order valence-corrected chi connectivity index (χ2v) is 7.83. The number of aromatic nitrogens is 1. The summed E-state index contributed by atoms with van der Waals surface area (Å²) in [7, 11) is 3.21. The zero-order valence-electron chi connectivity index (χ0n) is 18.0. The van der Waals surface area contributed by atoms with Crippen LogP contribution in [0.4, 0.5) is 5.69 Å². The molecule has 0 radical (unpaired) electrons. The minimum Gasteiger partial charge on any atom is -0.465 e. The molecule has 31 heavy (non-hydrogen) atoms. The van der Waals surface area contributed by atoms with Gasteiger partial charge in [0, 0.05) is 68.1 Å². The van der Waals surface area contributed by atoms with Gasteiger partial charge < -0.3 is 19.9 Å². The molecule has 1 fully saturated rings. The maximum absolute atomic E-state index is 12.7. The Morgan fingerprint density at radius 3 is 2.48 bits per heavy atom. The second-order valence-electron chi connectivity index (χ2n) is 7.83. The molecular formula is C23H27N5O3. The number of hydrogen-bond donors (Lipinski definition) is 1. The van der Waals surface area contributed by atoms with Crippen LogP contribution in [0.15, 0.2) is 54.9 Å². The summed E-state index contributed by atoms with van der Waals surface area (Å²) in [4.78, 5) is 34.7. The fourth-order valence-electron chi connectivity index (χ4n) is 4.12. The average molecular weight is 422 g/mol. The van der Waals surface area contributed by atoms with Crippen molar-refractivity contribution < 1.29 is 14.3 Å². The van der Waals surface area contributed by atoms with Crippen LogP contribution in [-0.2, 0) is 9.53 Å². The maximum Gasteiger partial charge on any atom is 0.337 e. The number of likely N-dealkylation sites (N-methyl/N-ethyl adjacent to an activating group) is 1. The van der Waals surface area contributed by atoms with Crippen LogP contribution < -0.4 is 10.2 Å². The van der Waals surface area contributed by atoms with Gasteiger partial charge in [-0.05, 0) is 43.3 Å². The third-order valence-corrected chi connectivity index (χ3v) is 5.90. The van der Waals surface area contributed by atoms with Crippen LogP contribution in [0.1, 0.15) is 22.8 Å². The summed E-state index contributed by atoms with van der Waals surface area (Å²) in [5.41, 5.74) is 3.36. The van der Waals surface area contributed by atoms with Gasteiger partial charge in [-0.2, -0.15) is 0 Å². The Morgan fingerprint density at radius 1 is 1.13 bits per heavy atom. The molecule has 8 heteroatoms. The van der Waals surface area contributed by atoms with E-state index in [4.69, 9.17) is 4.74 Å². The first-order valence-corrected chi connectivity index (χ1v) is 10.3. The molecule has 8 nitrogen and oxygen atoms in total. The number of carbonyl (C=O) groups is 2. The Kier molecular flexibility index (Phi) is 5.90. The van der Waals surface area contributed by atoms with Crippen molar-refractivity contribution in [3.63, 3.8) is 0 Å². The first kappa shape index (κ1) is 20.9. The van der Waals surface area contributed by atoms with Crippen LogP contribution in [0.3, 0.4) is 0 Å². The minimum absolute atomic E-state index is 0.0245. The van der Waals surface area contributed by atoms with Gasteiger partial charge in [0.2, 0.25) is 0 Å². The van der Waals surface area contributed by atoms with Crippen molar-refractivity contribution in [1.29, 1.82) is 0 Å². The normalized spacial score (nSPS) is 22.0. The monoisotopic (exact) mass is 421 g/mol. The average Bonchev–Trinajstić information content (AvgIpc) is 2.81. The largest absolute Gasteiger partial charge is 0.465 e. The van der Waals surface area contributed by atoms with Crippen LogP contribution in [-0.4, -0.2) is 72.8 Å². The number of ether oxygens (including phenoxy) is 1. The van der Waals surface area contributed by atoms with Crippen molar-refractivity contribution in [2.45, 2.75) is 19.3 Å². The van der Waals surface area contributed by atoms with E-state index in [9.17, 15) is 9.59 Å². The van der Waals surface area contributed by atoms with Crippen LogP contribution in [0.25, 0.3) is 5.70 Å². The Balaban J connectivity index is 1.46. The van der Waals surface area contributed by atoms with Gasteiger partial charge in [-0.15, -0.1) is 0 Å². The number of amides is 1. The number of esters is 1. The molecule has 4 rings (SSSR count). The van der Waals surface area contributed by atoms with Crippen LogP contribution in [0.5, 0.6) is 0 Å². The summed E-state index contributed by atoms with van der Waals surface area (Å²) in [5, 5.41) is 3.53. The highest BCUT2D eigenvalue weighted by Crippen LogP contribution is 2.25. The van der Waals surface area contributed by atoms with E-state index in [-0.39, 0.29) is 24.2 Å². The summed E-state index contributed by atoms with van der Waals surface area (Å²) < 4.78 is 4.77. The Labute approximate surface area is 182 Å². The number of pyridine rings is 1. The Hall–Kier alpha value is -3.39. The fraction of sp³-hybridized carbons (Fsp3) is 0.348. The molecule has 0 spiro atoms. The van der Waals surface area contributed by atoms with E-state index in [0.717, 1.165) is 36.6 Å². The van der Waals surface area contributed by atoms with Gasteiger partial charge in [0.1, 0.15) is 0 Å². The van der Waals surface area contributed by atoms with Crippen molar-refractivity contribution in [1.82, 2.24) is 20.1 Å². The van der Waals surface area contributed by atoms with Gasteiger partial charge in [-0.3, -0.25) is 14.7 Å². The molecule has 1 aromatic heterocycles. The van der Waals surface area contributed by atoms with Crippen molar-refractivity contribution in [2.24, 2.45) is 0 Å². The number of anilines is 1. The van der Waals surface area contributed by atoms with Gasteiger partial charge >= 0.3 is 5.97 Å². The maximum atomic E-state index is 12.7. The molecule has 2 aliphatic heterocycles. The molecular weight excluding hydrogens is 394 g/mol. The van der Waals surface area contributed by atoms with Crippen molar-refractivity contribution in [3.8, 4) is 0 Å². The van der Waals surface area contributed by atoms with Crippen LogP contribution in [0, 0.1) is 0 Å². The summed E-state index contributed by atoms with van der Waals surface area (Å²) in [6, 6.07) is 11.5. The summed E-state index contributed by atoms with van der Waals surface area (Å²) in [6.07, 6.45) is 4.86. The van der Waals surface area contributed by atoms with E-state index in [1.54, 1.807) is 35.5 Å². The van der Waals surface area contributed by atoms with E-state index in [0.29, 0.717) is 5.56 Å². The van der Waals surface area contributed by atoms with E-state index in [1.165, 1.54) is 7.11 Å². The highest BCUT2D eigenvalue weighted by atomic mass is 16.5. The SMILES string of the molecule is COC(=O)c1ccc(N2CCN(C3NC(c4ccncc4)=CC(=O)N3C)[C@H](C)C2)cc1. The molecule has 2 atom stereocenters. The van der Waals surface area contributed by atoms with Crippen molar-refractivity contribution in [2.75, 3.05) is 38.7 Å². The number of hydrogen-bond acceptors (Lipinski definition) is 7. The third-order valence-electron chi connectivity index (χ3n) is 5.90. The lowest BCUT2D eigenvalue weighted by Gasteiger charge is -2.48. The lowest BCUT2D eigenvalue weighted by atomic mass is 10.1. The van der Waals surface area contributed by atoms with Crippen LogP contribution >= 0.6 is 0 Å². The summed E-state index contributed by atoms with van der Waals surface area (Å²) in [5.74, 6) is -0.359. The topological polar surface area (TPSA) is 78.0 Å². The Morgan fingerprint density at radius 2 is 1.84 bits per heavy atom. The number of nitrogens with zero attached hydrogens (tertiary/aromatic N) is 4. The molecule has 0 bridgehead atoms. The number of benzene rings is 1. The molecule has 1 unspecified atom stereocenters. The van der Waals surface area contributed by atoms with Crippen molar-refractivity contribution in [3.05, 3.63) is 66.0 Å². The van der Waals surface area contributed by atoms with E-state index in [2.05, 4.69) is 27.0 Å². The quantitative estimate of drug-likeness (QED) is 0.754. The van der Waals surface area contributed by atoms with E-state index < -0.39 is 0 Å². The van der Waals surface area contributed by atoms with Crippen LogP contribution in [0.2, 0.25) is 0 Å². The minimum atomic E-state index is -0.334. The molecule has 1 saturated heterocycles. The zero-order valence-corrected chi connectivity index (χ0v) is 18.0. The number of rotatable bonds is 4. The number of methoxy groups -OCH3 is 1. The van der Waals surface area contributed by atoms with Gasteiger partial charge in [-0.1, -0.05) is 0 Å². The predicted octanol–water partition coefficient (Wildman–Crippen LogP) is 1.76. The highest BCUT2D eigenvalue weighted by molar-refractivity contribution is 5.96. The molecule has 162 valence electrons. The lowest BCUT2D eigenvalue weighted by Crippen LogP contribution is -2.65. The third kappa shape index (κ3) is 4.25. The Bertz CT molecular complexity index is 976. The van der Waals surface area contributed by atoms with E-state index in [1.807, 2.05) is 31.3 Å². The second kappa shape index (κ2) is 8.77. The lowest BCUT2D eigenvalue weighted by molar-refractivity contribution is -0.133. The first-order chi connectivity index (χ1) is 15.0. The number of nitrogens with one attached hydrogen (secondary N) is 1. The van der Waals surface area contributed by atoms with Crippen molar-refractivity contribution >= 4 is 23.3 Å². The highest BCUT2D eigenvalue weighted by Gasteiger charge is 2.35. The molecule has 3 heterocycles. The van der Waals surface area contributed by atoms with Gasteiger partial charge in [-0.25, -0.2) is 4.79 Å². The number of piperazine rings is 1. The standard InChI is InChI=1S/C23H27N5O3/c1-16-15-27(19-6-4-18(5-7-19)22(30)31-3)12-13-28(16)23-25-20(14-21(29)26(23)2)17-8-10-24-11-9-17/h4-11,14,16,23,25H,12-13,15H2,1-3H3/t16-,23?/m1/s1. The van der Waals surface area contributed by atoms with Gasteiger partial charge in [0.15, 0.2) is 6.29 Å². The molecule has 2 aromatic rings.